The third-order valence-corrected chi connectivity index (χ3v) is 6.50. The van der Waals surface area contributed by atoms with Crippen LogP contribution < -0.4 is 14.8 Å². The van der Waals surface area contributed by atoms with Gasteiger partial charge >= 0.3 is 0 Å². The maximum absolute atomic E-state index is 12.5. The van der Waals surface area contributed by atoms with Gasteiger partial charge in [-0.1, -0.05) is 6.07 Å². The van der Waals surface area contributed by atoms with Crippen molar-refractivity contribution in [1.29, 1.82) is 0 Å². The maximum atomic E-state index is 12.5. The molecule has 162 valence electrons. The van der Waals surface area contributed by atoms with E-state index in [9.17, 15) is 13.2 Å². The molecule has 31 heavy (non-hydrogen) atoms. The lowest BCUT2D eigenvalue weighted by Crippen LogP contribution is -2.27. The highest BCUT2D eigenvalue weighted by atomic mass is 32.2. The van der Waals surface area contributed by atoms with E-state index in [2.05, 4.69) is 15.1 Å². The predicted molar refractivity (Wildman–Crippen MR) is 116 cm³/mol. The average Bonchev–Trinajstić information content (AvgIpc) is 3.52. The standard InChI is InChI=1S/C22H24N4O4S/c1-30-20-9-7-19(8-10-20)26-12-11-18(25-26)15-23-22(27)17-3-2-4-21(13-17)31(28,29)24-14-16-5-6-16/h2-4,7-13,16,24H,5-6,14-15H2,1H3,(H,23,27). The van der Waals surface area contributed by atoms with Gasteiger partial charge in [-0.15, -0.1) is 0 Å². The molecule has 4 rings (SSSR count). The third kappa shape index (κ3) is 5.31. The fraction of sp³-hybridized carbons (Fsp3) is 0.273. The van der Waals surface area contributed by atoms with Crippen LogP contribution in [0.4, 0.5) is 0 Å². The molecule has 1 amide bonds. The number of sulfonamides is 1. The Balaban J connectivity index is 1.38. The highest BCUT2D eigenvalue weighted by Crippen LogP contribution is 2.28. The van der Waals surface area contributed by atoms with Crippen LogP contribution >= 0.6 is 0 Å². The third-order valence-electron chi connectivity index (χ3n) is 5.08. The summed E-state index contributed by atoms with van der Waals surface area (Å²) in [5.74, 6) is 0.826. The highest BCUT2D eigenvalue weighted by molar-refractivity contribution is 7.89. The van der Waals surface area contributed by atoms with Gasteiger partial charge in [-0.05, 0) is 67.3 Å². The number of rotatable bonds is 9. The van der Waals surface area contributed by atoms with Crippen molar-refractivity contribution >= 4 is 15.9 Å². The molecule has 9 heteroatoms. The van der Waals surface area contributed by atoms with Gasteiger partial charge in [0, 0.05) is 18.3 Å². The monoisotopic (exact) mass is 440 g/mol. The molecule has 1 aliphatic carbocycles. The Morgan fingerprint density at radius 1 is 1.16 bits per heavy atom. The fourth-order valence-corrected chi connectivity index (χ4v) is 4.21. The van der Waals surface area contributed by atoms with Gasteiger partial charge in [0.15, 0.2) is 0 Å². The van der Waals surface area contributed by atoms with E-state index in [-0.39, 0.29) is 22.9 Å². The number of methoxy groups -OCH3 is 1. The predicted octanol–water partition coefficient (Wildman–Crippen LogP) is 2.50. The molecule has 1 heterocycles. The molecule has 0 atom stereocenters. The summed E-state index contributed by atoms with van der Waals surface area (Å²) < 4.78 is 34.3. The van der Waals surface area contributed by atoms with Crippen molar-refractivity contribution < 1.29 is 17.9 Å². The quantitative estimate of drug-likeness (QED) is 0.532. The number of benzene rings is 2. The summed E-state index contributed by atoms with van der Waals surface area (Å²) in [6.45, 7) is 0.661. The Morgan fingerprint density at radius 3 is 2.65 bits per heavy atom. The lowest BCUT2D eigenvalue weighted by Gasteiger charge is -2.08. The first-order valence-corrected chi connectivity index (χ1v) is 11.5. The molecule has 1 aliphatic rings. The van der Waals surface area contributed by atoms with Gasteiger partial charge in [-0.2, -0.15) is 5.10 Å². The van der Waals surface area contributed by atoms with E-state index < -0.39 is 10.0 Å². The molecule has 0 spiro atoms. The van der Waals surface area contributed by atoms with Crippen molar-refractivity contribution in [1.82, 2.24) is 19.8 Å². The van der Waals surface area contributed by atoms with Crippen LogP contribution in [0, 0.1) is 5.92 Å². The fourth-order valence-electron chi connectivity index (χ4n) is 3.04. The van der Waals surface area contributed by atoms with Crippen molar-refractivity contribution in [3.63, 3.8) is 0 Å². The SMILES string of the molecule is COc1ccc(-n2ccc(CNC(=O)c3cccc(S(=O)(=O)NCC4CC4)c3)n2)cc1. The summed E-state index contributed by atoms with van der Waals surface area (Å²) >= 11 is 0. The van der Waals surface area contributed by atoms with E-state index in [1.807, 2.05) is 36.5 Å². The zero-order chi connectivity index (χ0) is 21.8. The number of nitrogens with one attached hydrogen (secondary N) is 2. The Morgan fingerprint density at radius 2 is 1.94 bits per heavy atom. The molecular weight excluding hydrogens is 416 g/mol. The smallest absolute Gasteiger partial charge is 0.251 e. The van der Waals surface area contributed by atoms with Crippen LogP contribution in [0.25, 0.3) is 5.69 Å². The second kappa shape index (κ2) is 8.91. The zero-order valence-corrected chi connectivity index (χ0v) is 17.9. The van der Waals surface area contributed by atoms with E-state index in [1.54, 1.807) is 23.9 Å². The van der Waals surface area contributed by atoms with Gasteiger partial charge in [-0.3, -0.25) is 4.79 Å². The van der Waals surface area contributed by atoms with Crippen molar-refractivity contribution in [2.24, 2.45) is 5.92 Å². The summed E-state index contributed by atoms with van der Waals surface area (Å²) in [7, 11) is -2.01. The van der Waals surface area contributed by atoms with Crippen LogP contribution in [0.3, 0.4) is 0 Å². The first-order chi connectivity index (χ1) is 14.9. The number of carbonyl (C=O) groups excluding carboxylic acids is 1. The van der Waals surface area contributed by atoms with Crippen LogP contribution in [0.15, 0.2) is 65.7 Å². The van der Waals surface area contributed by atoms with Gasteiger partial charge in [-0.25, -0.2) is 17.8 Å². The normalized spacial score (nSPS) is 13.7. The number of hydrogen-bond donors (Lipinski definition) is 2. The average molecular weight is 441 g/mol. The minimum atomic E-state index is -3.63. The summed E-state index contributed by atoms with van der Waals surface area (Å²) in [5.41, 5.74) is 1.83. The number of amides is 1. The second-order valence-corrected chi connectivity index (χ2v) is 9.22. The largest absolute Gasteiger partial charge is 0.497 e. The number of nitrogens with zero attached hydrogens (tertiary/aromatic N) is 2. The summed E-state index contributed by atoms with van der Waals surface area (Å²) in [6.07, 6.45) is 3.92. The van der Waals surface area contributed by atoms with Crippen molar-refractivity contribution in [3.8, 4) is 11.4 Å². The zero-order valence-electron chi connectivity index (χ0n) is 17.1. The summed E-state index contributed by atoms with van der Waals surface area (Å²) in [4.78, 5) is 12.6. The second-order valence-electron chi connectivity index (χ2n) is 7.46. The van der Waals surface area contributed by atoms with Gasteiger partial charge in [0.1, 0.15) is 5.75 Å². The Labute approximate surface area is 181 Å². The van der Waals surface area contributed by atoms with E-state index in [4.69, 9.17) is 4.74 Å². The summed E-state index contributed by atoms with van der Waals surface area (Å²) in [5, 5.41) is 7.25. The first-order valence-electron chi connectivity index (χ1n) is 10.0. The summed E-state index contributed by atoms with van der Waals surface area (Å²) in [6, 6.07) is 15.3. The van der Waals surface area contributed by atoms with Crippen molar-refractivity contribution in [3.05, 3.63) is 72.1 Å². The molecule has 2 aromatic carbocycles. The van der Waals surface area contributed by atoms with Crippen LogP contribution in [0.1, 0.15) is 28.9 Å². The molecule has 1 fully saturated rings. The van der Waals surface area contributed by atoms with Crippen LogP contribution in [-0.4, -0.2) is 37.8 Å². The minimum absolute atomic E-state index is 0.0876. The van der Waals surface area contributed by atoms with E-state index >= 15 is 0 Å². The van der Waals surface area contributed by atoms with Crippen LogP contribution in [0.2, 0.25) is 0 Å². The lowest BCUT2D eigenvalue weighted by molar-refractivity contribution is 0.0950. The van der Waals surface area contributed by atoms with Gasteiger partial charge in [0.05, 0.1) is 29.9 Å². The molecule has 3 aromatic rings. The molecule has 1 aromatic heterocycles. The van der Waals surface area contributed by atoms with Crippen molar-refractivity contribution in [2.75, 3.05) is 13.7 Å². The van der Waals surface area contributed by atoms with Gasteiger partial charge in [0.2, 0.25) is 10.0 Å². The van der Waals surface area contributed by atoms with Gasteiger partial charge < -0.3 is 10.1 Å². The Hall–Kier alpha value is -3.17. The first kappa shape index (κ1) is 21.1. The minimum Gasteiger partial charge on any atom is -0.497 e. The molecule has 2 N–H and O–H groups in total. The molecule has 0 aliphatic heterocycles. The molecular formula is C22H24N4O4S. The molecule has 8 nitrogen and oxygen atoms in total. The molecule has 0 saturated heterocycles. The Kier molecular flexibility index (Phi) is 6.06. The lowest BCUT2D eigenvalue weighted by atomic mass is 10.2. The van der Waals surface area contributed by atoms with Crippen LogP contribution in [0.5, 0.6) is 5.75 Å². The van der Waals surface area contributed by atoms with Crippen molar-refractivity contribution in [2.45, 2.75) is 24.3 Å². The van der Waals surface area contributed by atoms with Crippen LogP contribution in [-0.2, 0) is 16.6 Å². The number of ether oxygens (including phenoxy) is 1. The number of aromatic nitrogens is 2. The molecule has 0 radical (unpaired) electrons. The molecule has 0 unspecified atom stereocenters. The van der Waals surface area contributed by atoms with E-state index in [1.165, 1.54) is 12.1 Å². The molecule has 1 saturated carbocycles. The number of hydrogen-bond acceptors (Lipinski definition) is 5. The molecule has 0 bridgehead atoms. The number of carbonyl (C=O) groups is 1. The van der Waals surface area contributed by atoms with Gasteiger partial charge in [0.25, 0.3) is 5.91 Å². The van der Waals surface area contributed by atoms with E-state index in [0.29, 0.717) is 18.2 Å². The Bertz CT molecular complexity index is 1170. The maximum Gasteiger partial charge on any atom is 0.251 e. The topological polar surface area (TPSA) is 102 Å². The van der Waals surface area contributed by atoms with E-state index in [0.717, 1.165) is 24.3 Å². The highest BCUT2D eigenvalue weighted by Gasteiger charge is 2.24.